The monoisotopic (exact) mass is 825 g/mol. The van der Waals surface area contributed by atoms with Gasteiger partial charge in [-0.2, -0.15) is 0 Å². The highest BCUT2D eigenvalue weighted by molar-refractivity contribution is 5.99. The Hall–Kier alpha value is -7.49. The van der Waals surface area contributed by atoms with Gasteiger partial charge in [0.2, 0.25) is 17.2 Å². The number of aliphatic imine (C=N–C) groups is 1. The second kappa shape index (κ2) is 19.3. The first-order valence-corrected chi connectivity index (χ1v) is 20.6. The summed E-state index contributed by atoms with van der Waals surface area (Å²) in [6.45, 7) is 7.18. The van der Waals surface area contributed by atoms with Gasteiger partial charge in [-0.15, -0.1) is 6.58 Å². The van der Waals surface area contributed by atoms with E-state index in [0.717, 1.165) is 87.3 Å². The van der Waals surface area contributed by atoms with Gasteiger partial charge in [-0.1, -0.05) is 127 Å². The lowest BCUT2D eigenvalue weighted by atomic mass is 9.92. The molecule has 1 aromatic heterocycles. The molecule has 8 rings (SSSR count). The van der Waals surface area contributed by atoms with Crippen LogP contribution in [0.3, 0.4) is 0 Å². The number of furan rings is 1. The maximum absolute atomic E-state index is 10.2. The Morgan fingerprint density at radius 2 is 1.35 bits per heavy atom. The highest BCUT2D eigenvalue weighted by Gasteiger charge is 2.24. The Morgan fingerprint density at radius 1 is 0.742 bits per heavy atom. The van der Waals surface area contributed by atoms with Crippen LogP contribution in [0.2, 0.25) is 0 Å². The van der Waals surface area contributed by atoms with Crippen molar-refractivity contribution in [1.29, 1.82) is 0 Å². The molecule has 1 heterocycles. The van der Waals surface area contributed by atoms with Crippen LogP contribution < -0.4 is 11.1 Å². The third kappa shape index (κ3) is 8.99. The first kappa shape index (κ1) is 42.6. The summed E-state index contributed by atoms with van der Waals surface area (Å²) >= 11 is 0. The Labute approximate surface area is 361 Å². The minimum atomic E-state index is -0.983. The summed E-state index contributed by atoms with van der Waals surface area (Å²) in [4.78, 5) is 4.43. The van der Waals surface area contributed by atoms with Crippen molar-refractivity contribution in [2.75, 3.05) is 13.6 Å². The number of phenolic OH excluding ortho intramolecular Hbond substituents is 5. The van der Waals surface area contributed by atoms with Crippen molar-refractivity contribution in [2.45, 2.75) is 38.6 Å². The van der Waals surface area contributed by atoms with Crippen LogP contribution in [0.1, 0.15) is 53.7 Å². The zero-order valence-corrected chi connectivity index (χ0v) is 34.8. The van der Waals surface area contributed by atoms with E-state index in [2.05, 4.69) is 96.6 Å². The second-order valence-corrected chi connectivity index (χ2v) is 15.0. The van der Waals surface area contributed by atoms with Gasteiger partial charge in [0.1, 0.15) is 17.2 Å². The van der Waals surface area contributed by atoms with Crippen molar-refractivity contribution in [2.24, 2.45) is 10.7 Å². The average Bonchev–Trinajstić information content (AvgIpc) is 3.70. The van der Waals surface area contributed by atoms with E-state index in [1.807, 2.05) is 55.6 Å². The number of hydrogen-bond acceptors (Lipinski definition) is 8. The molecule has 0 bridgehead atoms. The minimum absolute atomic E-state index is 0.177. The van der Waals surface area contributed by atoms with E-state index in [1.54, 1.807) is 24.3 Å². The zero-order valence-electron chi connectivity index (χ0n) is 34.8. The Kier molecular flexibility index (Phi) is 13.2. The molecule has 9 nitrogen and oxygen atoms in total. The number of benzene rings is 6. The van der Waals surface area contributed by atoms with Crippen LogP contribution >= 0.6 is 0 Å². The maximum atomic E-state index is 10.2. The molecule has 7 aromatic rings. The Morgan fingerprint density at radius 3 is 1.97 bits per heavy atom. The van der Waals surface area contributed by atoms with Crippen molar-refractivity contribution in [1.82, 2.24) is 5.32 Å². The molecular formula is C53H51N3O6. The van der Waals surface area contributed by atoms with Crippen molar-refractivity contribution >= 4 is 22.4 Å². The number of aryl methyl sites for hydroxylation is 1. The maximum Gasteiger partial charge on any atom is 0.208 e. The summed E-state index contributed by atoms with van der Waals surface area (Å²) in [5.41, 5.74) is 16.9. The lowest BCUT2D eigenvalue weighted by Gasteiger charge is -2.14. The number of phenols is 5. The molecule has 9 heteroatoms. The van der Waals surface area contributed by atoms with Crippen LogP contribution in [-0.4, -0.2) is 45.0 Å². The predicted molar refractivity (Wildman–Crippen MR) is 251 cm³/mol. The Balaban J connectivity index is 0.000000208. The molecule has 0 amide bonds. The van der Waals surface area contributed by atoms with E-state index < -0.39 is 28.7 Å². The van der Waals surface area contributed by atoms with E-state index in [4.69, 9.17) is 10.2 Å². The van der Waals surface area contributed by atoms with Gasteiger partial charge in [0, 0.05) is 49.0 Å². The fraction of sp³-hybridized carbons (Fsp3) is 0.151. The average molecular weight is 826 g/mol. The molecule has 62 heavy (non-hydrogen) atoms. The number of amidine groups is 1. The lowest BCUT2D eigenvalue weighted by Crippen LogP contribution is -2.24. The van der Waals surface area contributed by atoms with Crippen molar-refractivity contribution in [3.8, 4) is 62.1 Å². The molecule has 6 aromatic carbocycles. The van der Waals surface area contributed by atoms with Crippen LogP contribution in [-0.2, 0) is 13.0 Å². The van der Waals surface area contributed by atoms with Crippen molar-refractivity contribution in [3.05, 3.63) is 180 Å². The van der Waals surface area contributed by atoms with Gasteiger partial charge in [-0.05, 0) is 82.5 Å². The second-order valence-electron chi connectivity index (χ2n) is 15.0. The third-order valence-electron chi connectivity index (χ3n) is 11.1. The smallest absolute Gasteiger partial charge is 0.208 e. The number of nitrogens with two attached hydrogens (primary N) is 1. The van der Waals surface area contributed by atoms with Gasteiger partial charge in [0.25, 0.3) is 0 Å². The molecule has 0 radical (unpaired) electrons. The lowest BCUT2D eigenvalue weighted by molar-refractivity contribution is 0.330. The zero-order chi connectivity index (χ0) is 43.8. The SMILES string of the molecule is C=CCC(/C=C\C)c1cccc(C(=NC)NCc2ccccc2)c1.NCC1=CCCc2oc3ccc(-c4ccc(-c5ccc(-c6c(O)c(O)c(O)c(O)c6O)cc5)cc4)cc3c21. The van der Waals surface area contributed by atoms with Gasteiger partial charge in [-0.3, -0.25) is 4.99 Å². The topological polar surface area (TPSA) is 165 Å². The van der Waals surface area contributed by atoms with Crippen LogP contribution in [0.5, 0.6) is 28.7 Å². The molecule has 0 aliphatic heterocycles. The first-order chi connectivity index (χ1) is 30.1. The largest absolute Gasteiger partial charge is 0.504 e. The number of nitrogens with zero attached hydrogens (tertiary/aromatic N) is 1. The van der Waals surface area contributed by atoms with E-state index in [1.165, 1.54) is 11.1 Å². The molecule has 8 N–H and O–H groups in total. The number of allylic oxidation sites excluding steroid dienone is 4. The highest BCUT2D eigenvalue weighted by Crippen LogP contribution is 2.54. The molecule has 1 aliphatic rings. The molecular weight excluding hydrogens is 775 g/mol. The molecule has 1 atom stereocenters. The summed E-state index contributed by atoms with van der Waals surface area (Å²) in [6, 6.07) is 40.2. The molecule has 1 unspecified atom stereocenters. The Bertz CT molecular complexity index is 2760. The summed E-state index contributed by atoms with van der Waals surface area (Å²) in [5, 5.41) is 54.3. The molecule has 314 valence electrons. The van der Waals surface area contributed by atoms with Gasteiger partial charge < -0.3 is 41.0 Å². The van der Waals surface area contributed by atoms with E-state index >= 15 is 0 Å². The normalized spacial score (nSPS) is 13.0. The fourth-order valence-corrected chi connectivity index (χ4v) is 7.91. The van der Waals surface area contributed by atoms with Gasteiger partial charge in [0.15, 0.2) is 11.5 Å². The van der Waals surface area contributed by atoms with Crippen molar-refractivity contribution in [3.63, 3.8) is 0 Å². The molecule has 1 aliphatic carbocycles. The minimum Gasteiger partial charge on any atom is -0.504 e. The van der Waals surface area contributed by atoms with Crippen LogP contribution in [0.15, 0.2) is 162 Å². The molecule has 0 fully saturated rings. The molecule has 0 saturated heterocycles. The summed E-state index contributed by atoms with van der Waals surface area (Å²) < 4.78 is 6.10. The van der Waals surface area contributed by atoms with Gasteiger partial charge in [0.05, 0.1) is 5.56 Å². The van der Waals surface area contributed by atoms with E-state index in [9.17, 15) is 25.5 Å². The van der Waals surface area contributed by atoms with E-state index in [-0.39, 0.29) is 5.56 Å². The standard InChI is InChI=1S/C31H25NO6.C22H26N2/c32-15-21-2-1-3-24-25(21)22-14-20(12-13-23(22)38-24)18-6-4-16(5-7-18)17-8-10-19(11-9-17)26-27(33)29(35)31(37)30(36)28(26)34;1-4-10-19(11-5-2)20-14-9-15-21(16-20)22(23-3)24-17-18-12-7-6-8-13-18/h2,4-14,33-37H,1,3,15,32H2;4-9,11-16,19H,1,10,17H2,2-3H3,(H,23,24)/b;11-5-. The van der Waals surface area contributed by atoms with Crippen LogP contribution in [0.4, 0.5) is 0 Å². The summed E-state index contributed by atoms with van der Waals surface area (Å²) in [6.07, 6.45) is 11.2. The molecule has 0 spiro atoms. The van der Waals surface area contributed by atoms with Crippen LogP contribution in [0, 0.1) is 0 Å². The summed E-state index contributed by atoms with van der Waals surface area (Å²) in [7, 11) is 1.83. The predicted octanol–water partition coefficient (Wildman–Crippen LogP) is 11.3. The van der Waals surface area contributed by atoms with E-state index in [0.29, 0.717) is 18.0 Å². The first-order valence-electron chi connectivity index (χ1n) is 20.6. The number of fused-ring (bicyclic) bond motifs is 3. The highest BCUT2D eigenvalue weighted by atomic mass is 16.4. The third-order valence-corrected chi connectivity index (χ3v) is 11.1. The number of hydrogen-bond donors (Lipinski definition) is 7. The number of rotatable bonds is 11. The van der Waals surface area contributed by atoms with Gasteiger partial charge >= 0.3 is 0 Å². The van der Waals surface area contributed by atoms with Crippen LogP contribution in [0.25, 0.3) is 49.9 Å². The van der Waals surface area contributed by atoms with Crippen molar-refractivity contribution < 1.29 is 29.9 Å². The summed E-state index contributed by atoms with van der Waals surface area (Å²) in [5.74, 6) is -1.96. The molecule has 0 saturated carbocycles. The fourth-order valence-electron chi connectivity index (χ4n) is 7.91. The number of aromatic hydroxyl groups is 5. The van der Waals surface area contributed by atoms with Gasteiger partial charge in [-0.25, -0.2) is 0 Å². The quantitative estimate of drug-likeness (QED) is 0.0223. The number of nitrogens with one attached hydrogen (secondary N) is 1.